The fourth-order valence-corrected chi connectivity index (χ4v) is 3.95. The largest absolute Gasteiger partial charge is 0.377 e. The van der Waals surface area contributed by atoms with Crippen LogP contribution in [0.4, 0.5) is 0 Å². The Labute approximate surface area is 143 Å². The number of likely N-dealkylation sites (tertiary alicyclic amines) is 1. The number of rotatable bonds is 4. The topological polar surface area (TPSA) is 86.3 Å². The predicted molar refractivity (Wildman–Crippen MR) is 90.1 cm³/mol. The van der Waals surface area contributed by atoms with Gasteiger partial charge in [-0.1, -0.05) is 0 Å². The summed E-state index contributed by atoms with van der Waals surface area (Å²) in [4.78, 5) is 18.4. The molecule has 2 saturated heterocycles. The molecule has 7 nitrogen and oxygen atoms in total. The van der Waals surface area contributed by atoms with E-state index in [4.69, 9.17) is 10.5 Å². The molecule has 2 aliphatic heterocycles. The highest BCUT2D eigenvalue weighted by molar-refractivity contribution is 5.77. The Kier molecular flexibility index (Phi) is 4.92. The van der Waals surface area contributed by atoms with E-state index in [1.807, 2.05) is 4.68 Å². The molecule has 0 saturated carbocycles. The summed E-state index contributed by atoms with van der Waals surface area (Å²) in [6, 6.07) is 0. The maximum absolute atomic E-state index is 11.6. The van der Waals surface area contributed by atoms with E-state index in [1.54, 1.807) is 6.33 Å². The number of piperidine rings is 1. The molecule has 3 heterocycles. The second-order valence-corrected chi connectivity index (χ2v) is 8.01. The molecule has 0 bridgehead atoms. The van der Waals surface area contributed by atoms with E-state index in [0.717, 1.165) is 44.7 Å². The molecule has 7 heteroatoms. The van der Waals surface area contributed by atoms with E-state index in [9.17, 15) is 4.79 Å². The molecule has 2 fully saturated rings. The van der Waals surface area contributed by atoms with Gasteiger partial charge in [0.2, 0.25) is 5.91 Å². The summed E-state index contributed by atoms with van der Waals surface area (Å²) in [5.74, 6) is 1.12. The number of nitrogens with zero attached hydrogens (tertiary/aromatic N) is 4. The van der Waals surface area contributed by atoms with Crippen LogP contribution in [0, 0.1) is 11.8 Å². The molecule has 0 aliphatic carbocycles. The lowest BCUT2D eigenvalue weighted by Crippen LogP contribution is -2.42. The van der Waals surface area contributed by atoms with E-state index in [0.29, 0.717) is 12.5 Å². The standard InChI is InChI=1S/C17H29N5O2/c1-17(2,3)22-14(19-11-20-22)10-21-7-4-12(5-8-21)15-13(16(18)23)6-9-24-15/h11-13,15H,4-10H2,1-3H3,(H2,18,23)/t13-,15+/m0/s1. The molecule has 3 rings (SSSR count). The van der Waals surface area contributed by atoms with Crippen LogP contribution in [-0.4, -0.2) is 51.4 Å². The van der Waals surface area contributed by atoms with Crippen molar-refractivity contribution in [2.24, 2.45) is 17.6 Å². The lowest BCUT2D eigenvalue weighted by Gasteiger charge is -2.35. The Morgan fingerprint density at radius 3 is 2.67 bits per heavy atom. The van der Waals surface area contributed by atoms with Gasteiger partial charge < -0.3 is 10.5 Å². The molecule has 2 atom stereocenters. The molecule has 0 aromatic carbocycles. The highest BCUT2D eigenvalue weighted by Crippen LogP contribution is 2.33. The van der Waals surface area contributed by atoms with Gasteiger partial charge in [-0.2, -0.15) is 5.10 Å². The third kappa shape index (κ3) is 3.62. The zero-order valence-electron chi connectivity index (χ0n) is 14.9. The van der Waals surface area contributed by atoms with Crippen LogP contribution in [0.25, 0.3) is 0 Å². The Balaban J connectivity index is 1.56. The number of carbonyl (C=O) groups is 1. The van der Waals surface area contributed by atoms with Gasteiger partial charge in [-0.25, -0.2) is 9.67 Å². The maximum atomic E-state index is 11.6. The van der Waals surface area contributed by atoms with Crippen molar-refractivity contribution in [1.82, 2.24) is 19.7 Å². The molecule has 0 unspecified atom stereocenters. The number of carbonyl (C=O) groups excluding carboxylic acids is 1. The van der Waals surface area contributed by atoms with Crippen LogP contribution in [-0.2, 0) is 21.6 Å². The van der Waals surface area contributed by atoms with Gasteiger partial charge >= 0.3 is 0 Å². The van der Waals surface area contributed by atoms with Gasteiger partial charge in [0.15, 0.2) is 0 Å². The van der Waals surface area contributed by atoms with E-state index in [-0.39, 0.29) is 23.5 Å². The second kappa shape index (κ2) is 6.80. The van der Waals surface area contributed by atoms with Crippen LogP contribution in [0.3, 0.4) is 0 Å². The SMILES string of the molecule is CC(C)(C)n1ncnc1CN1CCC([C@H]2OCC[C@@H]2C(N)=O)CC1. The number of amides is 1. The molecule has 2 N–H and O–H groups in total. The van der Waals surface area contributed by atoms with Gasteiger partial charge in [-0.15, -0.1) is 0 Å². The Morgan fingerprint density at radius 1 is 1.33 bits per heavy atom. The quantitative estimate of drug-likeness (QED) is 0.891. The predicted octanol–water partition coefficient (Wildman–Crippen LogP) is 1.14. The van der Waals surface area contributed by atoms with Crippen molar-refractivity contribution < 1.29 is 9.53 Å². The van der Waals surface area contributed by atoms with Crippen LogP contribution in [0.1, 0.15) is 45.9 Å². The number of ether oxygens (including phenoxy) is 1. The highest BCUT2D eigenvalue weighted by atomic mass is 16.5. The fourth-order valence-electron chi connectivity index (χ4n) is 3.95. The smallest absolute Gasteiger partial charge is 0.223 e. The number of aromatic nitrogens is 3. The number of hydrogen-bond donors (Lipinski definition) is 1. The van der Waals surface area contributed by atoms with Gasteiger partial charge in [0.25, 0.3) is 0 Å². The van der Waals surface area contributed by atoms with Crippen LogP contribution in [0.2, 0.25) is 0 Å². The molecule has 1 aromatic rings. The summed E-state index contributed by atoms with van der Waals surface area (Å²) in [5.41, 5.74) is 5.46. The summed E-state index contributed by atoms with van der Waals surface area (Å²) in [7, 11) is 0. The van der Waals surface area contributed by atoms with Gasteiger partial charge in [0, 0.05) is 6.61 Å². The molecule has 2 aliphatic rings. The zero-order valence-corrected chi connectivity index (χ0v) is 14.9. The summed E-state index contributed by atoms with van der Waals surface area (Å²) in [6.07, 6.45) is 4.50. The Hall–Kier alpha value is -1.47. The van der Waals surface area contributed by atoms with Crippen molar-refractivity contribution in [3.05, 3.63) is 12.2 Å². The summed E-state index contributed by atoms with van der Waals surface area (Å²) < 4.78 is 7.83. The van der Waals surface area contributed by atoms with Crippen molar-refractivity contribution in [2.45, 2.75) is 58.2 Å². The number of primary amides is 1. The Bertz CT molecular complexity index is 572. The lowest BCUT2D eigenvalue weighted by atomic mass is 9.84. The van der Waals surface area contributed by atoms with Crippen LogP contribution < -0.4 is 5.73 Å². The third-order valence-electron chi connectivity index (χ3n) is 5.22. The third-order valence-corrected chi connectivity index (χ3v) is 5.22. The zero-order chi connectivity index (χ0) is 17.3. The molecule has 134 valence electrons. The van der Waals surface area contributed by atoms with Crippen LogP contribution >= 0.6 is 0 Å². The first-order valence-electron chi connectivity index (χ1n) is 8.89. The van der Waals surface area contributed by atoms with Crippen LogP contribution in [0.15, 0.2) is 6.33 Å². The first-order valence-corrected chi connectivity index (χ1v) is 8.89. The van der Waals surface area contributed by atoms with Crippen molar-refractivity contribution in [3.8, 4) is 0 Å². The summed E-state index contributed by atoms with van der Waals surface area (Å²) >= 11 is 0. The first-order chi connectivity index (χ1) is 11.4. The first kappa shape index (κ1) is 17.4. The van der Waals surface area contributed by atoms with E-state index in [2.05, 4.69) is 35.8 Å². The lowest BCUT2D eigenvalue weighted by molar-refractivity contribution is -0.124. The minimum absolute atomic E-state index is 0.0166. The number of nitrogens with two attached hydrogens (primary N) is 1. The molecule has 24 heavy (non-hydrogen) atoms. The summed E-state index contributed by atoms with van der Waals surface area (Å²) in [5, 5.41) is 4.37. The van der Waals surface area contributed by atoms with Gasteiger partial charge in [0.1, 0.15) is 12.2 Å². The molecular weight excluding hydrogens is 306 g/mol. The minimum Gasteiger partial charge on any atom is -0.377 e. The van der Waals surface area contributed by atoms with Crippen LogP contribution in [0.5, 0.6) is 0 Å². The van der Waals surface area contributed by atoms with E-state index >= 15 is 0 Å². The highest BCUT2D eigenvalue weighted by Gasteiger charge is 2.39. The number of hydrogen-bond acceptors (Lipinski definition) is 5. The second-order valence-electron chi connectivity index (χ2n) is 8.01. The normalized spacial score (nSPS) is 26.8. The maximum Gasteiger partial charge on any atom is 0.223 e. The van der Waals surface area contributed by atoms with Crippen molar-refractivity contribution in [1.29, 1.82) is 0 Å². The van der Waals surface area contributed by atoms with E-state index in [1.165, 1.54) is 0 Å². The minimum atomic E-state index is -0.210. The average Bonchev–Trinajstić information content (AvgIpc) is 3.16. The van der Waals surface area contributed by atoms with Crippen molar-refractivity contribution >= 4 is 5.91 Å². The van der Waals surface area contributed by atoms with E-state index < -0.39 is 0 Å². The molecule has 0 radical (unpaired) electrons. The van der Waals surface area contributed by atoms with Gasteiger partial charge in [-0.05, 0) is 59.0 Å². The molecule has 1 amide bonds. The van der Waals surface area contributed by atoms with Gasteiger partial charge in [0.05, 0.1) is 24.1 Å². The summed E-state index contributed by atoms with van der Waals surface area (Å²) in [6.45, 7) is 9.87. The fraction of sp³-hybridized carbons (Fsp3) is 0.824. The molecular formula is C17H29N5O2. The average molecular weight is 335 g/mol. The Morgan fingerprint density at radius 2 is 2.04 bits per heavy atom. The van der Waals surface area contributed by atoms with Crippen molar-refractivity contribution in [2.75, 3.05) is 19.7 Å². The monoisotopic (exact) mass is 335 g/mol. The van der Waals surface area contributed by atoms with Gasteiger partial charge in [-0.3, -0.25) is 9.69 Å². The van der Waals surface area contributed by atoms with Crippen molar-refractivity contribution in [3.63, 3.8) is 0 Å². The molecule has 0 spiro atoms. The molecule has 1 aromatic heterocycles.